The number of halogens is 1. The van der Waals surface area contributed by atoms with Crippen molar-refractivity contribution in [2.45, 2.75) is 39.2 Å². The van der Waals surface area contributed by atoms with E-state index in [2.05, 4.69) is 31.4 Å². The van der Waals surface area contributed by atoms with Crippen LogP contribution in [0.5, 0.6) is 0 Å². The Labute approximate surface area is 195 Å². The van der Waals surface area contributed by atoms with Crippen LogP contribution >= 0.6 is 15.9 Å². The Morgan fingerprint density at radius 1 is 1.19 bits per heavy atom. The third-order valence-electron chi connectivity index (χ3n) is 7.21. The highest BCUT2D eigenvalue weighted by Crippen LogP contribution is 2.59. The van der Waals surface area contributed by atoms with Crippen molar-refractivity contribution in [1.29, 1.82) is 0 Å². The normalized spacial score (nSPS) is 22.3. The fourth-order valence-electron chi connectivity index (χ4n) is 5.13. The predicted octanol–water partition coefficient (Wildman–Crippen LogP) is 2.55. The quantitative estimate of drug-likeness (QED) is 0.657. The second kappa shape index (κ2) is 7.86. The van der Waals surface area contributed by atoms with Crippen molar-refractivity contribution in [2.75, 3.05) is 26.2 Å². The highest BCUT2D eigenvalue weighted by Gasteiger charge is 2.65. The van der Waals surface area contributed by atoms with Crippen molar-refractivity contribution in [1.82, 2.24) is 25.3 Å². The Hall–Kier alpha value is -2.42. The second-order valence-corrected chi connectivity index (χ2v) is 10.7. The summed E-state index contributed by atoms with van der Waals surface area (Å²) in [6, 6.07) is 3.22. The first-order chi connectivity index (χ1) is 15.3. The van der Waals surface area contributed by atoms with Crippen LogP contribution < -0.4 is 5.32 Å². The van der Waals surface area contributed by atoms with Crippen molar-refractivity contribution in [3.05, 3.63) is 28.4 Å². The number of carbonyl (C=O) groups is 3. The molecule has 5 rings (SSSR count). The van der Waals surface area contributed by atoms with Crippen LogP contribution in [0, 0.1) is 17.3 Å². The number of aromatic nitrogens is 2. The minimum absolute atomic E-state index is 0.0328. The van der Waals surface area contributed by atoms with Crippen LogP contribution in [0.3, 0.4) is 0 Å². The molecule has 170 valence electrons. The molecule has 32 heavy (non-hydrogen) atoms. The van der Waals surface area contributed by atoms with Gasteiger partial charge in [0.25, 0.3) is 5.91 Å². The summed E-state index contributed by atoms with van der Waals surface area (Å²) in [4.78, 5) is 42.5. The van der Waals surface area contributed by atoms with Gasteiger partial charge in [0.05, 0.1) is 17.3 Å². The zero-order chi connectivity index (χ0) is 22.6. The number of rotatable bonds is 5. The third kappa shape index (κ3) is 3.60. The highest BCUT2D eigenvalue weighted by atomic mass is 79.9. The van der Waals surface area contributed by atoms with Gasteiger partial charge in [-0.3, -0.25) is 19.5 Å². The van der Waals surface area contributed by atoms with E-state index < -0.39 is 6.04 Å². The van der Waals surface area contributed by atoms with E-state index in [1.165, 1.54) is 0 Å². The molecule has 1 aromatic heterocycles. The Kier molecular flexibility index (Phi) is 5.27. The van der Waals surface area contributed by atoms with Crippen molar-refractivity contribution < 1.29 is 14.4 Å². The highest BCUT2D eigenvalue weighted by molar-refractivity contribution is 9.10. The van der Waals surface area contributed by atoms with Crippen LogP contribution in [0.15, 0.2) is 22.8 Å². The summed E-state index contributed by atoms with van der Waals surface area (Å²) in [6.45, 7) is 6.66. The molecule has 1 spiro atoms. The maximum absolute atomic E-state index is 13.0. The van der Waals surface area contributed by atoms with E-state index in [-0.39, 0.29) is 35.0 Å². The molecule has 8 nitrogen and oxygen atoms in total. The fraction of sp³-hybridized carbons (Fsp3) is 0.565. The molecular formula is C23H28BrN5O3. The van der Waals surface area contributed by atoms with Gasteiger partial charge in [-0.15, -0.1) is 0 Å². The van der Waals surface area contributed by atoms with Crippen LogP contribution in [-0.4, -0.2) is 69.9 Å². The number of fused-ring (bicyclic) bond motifs is 1. The van der Waals surface area contributed by atoms with Crippen molar-refractivity contribution in [3.63, 3.8) is 0 Å². The lowest BCUT2D eigenvalue weighted by molar-refractivity contribution is -0.137. The van der Waals surface area contributed by atoms with Gasteiger partial charge in [0.2, 0.25) is 11.8 Å². The number of nitrogens with one attached hydrogen (secondary N) is 2. The molecule has 3 heterocycles. The van der Waals surface area contributed by atoms with Crippen LogP contribution in [0.4, 0.5) is 0 Å². The molecule has 9 heteroatoms. The van der Waals surface area contributed by atoms with E-state index in [1.807, 2.05) is 30.9 Å². The average molecular weight is 502 g/mol. The zero-order valence-corrected chi connectivity index (χ0v) is 19.9. The number of carbonyl (C=O) groups excluding carboxylic acids is 3. The van der Waals surface area contributed by atoms with Crippen LogP contribution in [0.25, 0.3) is 10.9 Å². The van der Waals surface area contributed by atoms with E-state index in [9.17, 15) is 14.4 Å². The molecule has 2 aliphatic heterocycles. The summed E-state index contributed by atoms with van der Waals surface area (Å²) >= 11 is 3.49. The van der Waals surface area contributed by atoms with Crippen LogP contribution in [0.1, 0.15) is 43.5 Å². The molecular weight excluding hydrogens is 474 g/mol. The summed E-state index contributed by atoms with van der Waals surface area (Å²) in [5.74, 6) is -0.147. The number of benzene rings is 1. The number of nitrogens with zero attached hydrogens (tertiary/aromatic N) is 3. The van der Waals surface area contributed by atoms with Gasteiger partial charge in [-0.05, 0) is 53.2 Å². The second-order valence-electron chi connectivity index (χ2n) is 9.83. The maximum atomic E-state index is 13.0. The van der Waals surface area contributed by atoms with E-state index in [0.717, 1.165) is 47.7 Å². The summed E-state index contributed by atoms with van der Waals surface area (Å²) in [7, 11) is 0. The smallest absolute Gasteiger partial charge is 0.255 e. The van der Waals surface area contributed by atoms with Crippen LogP contribution in [-0.2, 0) is 9.59 Å². The monoisotopic (exact) mass is 501 g/mol. The van der Waals surface area contributed by atoms with Gasteiger partial charge in [0.15, 0.2) is 0 Å². The summed E-state index contributed by atoms with van der Waals surface area (Å²) in [5.41, 5.74) is 1.34. The first kappa shape index (κ1) is 21.4. The SMILES string of the molecule is CC(C)C(NC(=O)C1CC12CN(C(=O)c1cc3cn[nH]c3cc1Br)C2)C(=O)N1CCCC1. The summed E-state index contributed by atoms with van der Waals surface area (Å²) in [5, 5.41) is 10.8. The number of amides is 3. The lowest BCUT2D eigenvalue weighted by Gasteiger charge is -2.41. The molecule has 2 aromatic rings. The topological polar surface area (TPSA) is 98.4 Å². The third-order valence-corrected chi connectivity index (χ3v) is 7.87. The van der Waals surface area contributed by atoms with Gasteiger partial charge >= 0.3 is 0 Å². The standard InChI is InChI=1S/C23H28BrN5O3/c1-13(2)19(22(32)28-5-3-4-6-28)26-20(30)16-9-23(16)11-29(12-23)21(31)15-7-14-10-25-27-18(14)8-17(15)24/h7-8,10,13,16,19H,3-6,9,11-12H2,1-2H3,(H,25,27)(H,26,30). The number of likely N-dealkylation sites (tertiary alicyclic amines) is 2. The van der Waals surface area contributed by atoms with E-state index in [0.29, 0.717) is 18.7 Å². The number of H-pyrrole nitrogens is 1. The average Bonchev–Trinajstić information content (AvgIpc) is 3.05. The molecule has 0 radical (unpaired) electrons. The van der Waals surface area contributed by atoms with Gasteiger partial charge in [-0.2, -0.15) is 5.10 Å². The van der Waals surface area contributed by atoms with Crippen molar-refractivity contribution in [3.8, 4) is 0 Å². The minimum Gasteiger partial charge on any atom is -0.344 e. The fourth-order valence-corrected chi connectivity index (χ4v) is 5.64. The predicted molar refractivity (Wildman–Crippen MR) is 123 cm³/mol. The van der Waals surface area contributed by atoms with E-state index >= 15 is 0 Å². The minimum atomic E-state index is -0.478. The Morgan fingerprint density at radius 3 is 2.59 bits per heavy atom. The number of hydrogen-bond donors (Lipinski definition) is 2. The Morgan fingerprint density at radius 2 is 1.91 bits per heavy atom. The first-order valence-corrected chi connectivity index (χ1v) is 12.1. The molecule has 2 saturated heterocycles. The number of hydrogen-bond acceptors (Lipinski definition) is 4. The van der Waals surface area contributed by atoms with E-state index in [4.69, 9.17) is 0 Å². The molecule has 2 unspecified atom stereocenters. The van der Waals surface area contributed by atoms with Crippen molar-refractivity contribution >= 4 is 44.6 Å². The molecule has 3 fully saturated rings. The molecule has 3 aliphatic rings. The lowest BCUT2D eigenvalue weighted by Crippen LogP contribution is -2.55. The summed E-state index contributed by atoms with van der Waals surface area (Å²) in [6.07, 6.45) is 4.53. The zero-order valence-electron chi connectivity index (χ0n) is 18.4. The molecule has 1 aliphatic carbocycles. The van der Waals surface area contributed by atoms with Crippen LogP contribution in [0.2, 0.25) is 0 Å². The van der Waals surface area contributed by atoms with Gasteiger partial charge in [0, 0.05) is 47.4 Å². The molecule has 0 bridgehead atoms. The lowest BCUT2D eigenvalue weighted by atomic mass is 9.92. The summed E-state index contributed by atoms with van der Waals surface area (Å²) < 4.78 is 0.727. The van der Waals surface area contributed by atoms with E-state index in [1.54, 1.807) is 11.1 Å². The number of aromatic amines is 1. The Balaban J connectivity index is 1.20. The van der Waals surface area contributed by atoms with Gasteiger partial charge < -0.3 is 15.1 Å². The molecule has 3 amide bonds. The molecule has 2 N–H and O–H groups in total. The molecule has 1 aromatic carbocycles. The van der Waals surface area contributed by atoms with Gasteiger partial charge in [-0.25, -0.2) is 0 Å². The Bertz CT molecular complexity index is 1080. The van der Waals surface area contributed by atoms with Gasteiger partial charge in [0.1, 0.15) is 6.04 Å². The first-order valence-electron chi connectivity index (χ1n) is 11.3. The largest absolute Gasteiger partial charge is 0.344 e. The molecule has 1 saturated carbocycles. The van der Waals surface area contributed by atoms with Crippen molar-refractivity contribution in [2.24, 2.45) is 17.3 Å². The van der Waals surface area contributed by atoms with Gasteiger partial charge in [-0.1, -0.05) is 13.8 Å². The maximum Gasteiger partial charge on any atom is 0.255 e. The molecule has 2 atom stereocenters.